The van der Waals surface area contributed by atoms with E-state index in [9.17, 15) is 0 Å². The highest BCUT2D eigenvalue weighted by molar-refractivity contribution is 5.09. The van der Waals surface area contributed by atoms with E-state index < -0.39 is 0 Å². The zero-order valence-electron chi connectivity index (χ0n) is 13.0. The van der Waals surface area contributed by atoms with Crippen LogP contribution in [-0.2, 0) is 13.5 Å². The highest BCUT2D eigenvalue weighted by Gasteiger charge is 2.10. The second-order valence-electron chi connectivity index (χ2n) is 5.71. The number of nitrogens with zero attached hydrogens (tertiary/aromatic N) is 3. The summed E-state index contributed by atoms with van der Waals surface area (Å²) in [5, 5.41) is 4.20. The Morgan fingerprint density at radius 3 is 2.75 bits per heavy atom. The van der Waals surface area contributed by atoms with E-state index in [4.69, 9.17) is 4.42 Å². The zero-order valence-corrected chi connectivity index (χ0v) is 13.0. The molecule has 0 spiro atoms. The molecular formula is C16H25N3O. The van der Waals surface area contributed by atoms with Gasteiger partial charge in [0.05, 0.1) is 6.20 Å². The Hall–Kier alpha value is -1.55. The Kier molecular flexibility index (Phi) is 5.01. The highest BCUT2D eigenvalue weighted by Crippen LogP contribution is 2.21. The molecule has 0 saturated carbocycles. The minimum Gasteiger partial charge on any atom is -0.466 e. The standard InChI is InChI=1S/C16H25N3O/c1-13(16-6-5-14(2)20-16)7-9-18(3)10-8-15-11-17-19(4)12-15/h5-6,11-13H,7-10H2,1-4H3/t13-/m1/s1. The summed E-state index contributed by atoms with van der Waals surface area (Å²) in [7, 11) is 4.14. The van der Waals surface area contributed by atoms with Crippen molar-refractivity contribution in [3.05, 3.63) is 41.6 Å². The summed E-state index contributed by atoms with van der Waals surface area (Å²) in [4.78, 5) is 2.37. The lowest BCUT2D eigenvalue weighted by molar-refractivity contribution is 0.315. The molecule has 4 nitrogen and oxygen atoms in total. The van der Waals surface area contributed by atoms with Crippen LogP contribution in [0.15, 0.2) is 28.9 Å². The van der Waals surface area contributed by atoms with Crippen LogP contribution in [0.1, 0.15) is 36.3 Å². The van der Waals surface area contributed by atoms with Crippen LogP contribution in [0.3, 0.4) is 0 Å². The molecule has 1 atom stereocenters. The summed E-state index contributed by atoms with van der Waals surface area (Å²) in [6.07, 6.45) is 6.21. The smallest absolute Gasteiger partial charge is 0.107 e. The van der Waals surface area contributed by atoms with Crippen LogP contribution in [0.5, 0.6) is 0 Å². The first-order valence-electron chi connectivity index (χ1n) is 7.27. The Morgan fingerprint density at radius 1 is 1.35 bits per heavy atom. The molecule has 0 aromatic carbocycles. The number of hydrogen-bond donors (Lipinski definition) is 0. The number of rotatable bonds is 7. The van der Waals surface area contributed by atoms with Crippen molar-refractivity contribution in [3.8, 4) is 0 Å². The molecule has 0 fully saturated rings. The summed E-state index contributed by atoms with van der Waals surface area (Å²) < 4.78 is 7.54. The van der Waals surface area contributed by atoms with Crippen molar-refractivity contribution < 1.29 is 4.42 Å². The molecule has 4 heteroatoms. The first-order valence-corrected chi connectivity index (χ1v) is 7.27. The molecule has 0 radical (unpaired) electrons. The van der Waals surface area contributed by atoms with Gasteiger partial charge in [0.2, 0.25) is 0 Å². The number of hydrogen-bond acceptors (Lipinski definition) is 3. The molecule has 2 heterocycles. The van der Waals surface area contributed by atoms with E-state index in [0.717, 1.165) is 37.5 Å². The largest absolute Gasteiger partial charge is 0.466 e. The van der Waals surface area contributed by atoms with E-state index in [-0.39, 0.29) is 0 Å². The van der Waals surface area contributed by atoms with Crippen molar-refractivity contribution in [2.24, 2.45) is 7.05 Å². The summed E-state index contributed by atoms with van der Waals surface area (Å²) >= 11 is 0. The maximum absolute atomic E-state index is 5.68. The Bertz CT molecular complexity index is 529. The quantitative estimate of drug-likeness (QED) is 0.779. The lowest BCUT2D eigenvalue weighted by atomic mass is 10.1. The molecule has 0 aliphatic rings. The van der Waals surface area contributed by atoms with E-state index in [1.807, 2.05) is 30.9 Å². The first-order chi connectivity index (χ1) is 9.54. The molecule has 0 aliphatic carbocycles. The van der Waals surface area contributed by atoms with Gasteiger partial charge in [0.15, 0.2) is 0 Å². The third-order valence-corrected chi connectivity index (χ3v) is 3.73. The fourth-order valence-corrected chi connectivity index (χ4v) is 2.31. The predicted octanol–water partition coefficient (Wildman–Crippen LogP) is 2.99. The lowest BCUT2D eigenvalue weighted by Gasteiger charge is -2.18. The van der Waals surface area contributed by atoms with E-state index in [1.165, 1.54) is 5.56 Å². The molecule has 0 bridgehead atoms. The summed E-state index contributed by atoms with van der Waals surface area (Å²) in [5.41, 5.74) is 1.30. The van der Waals surface area contributed by atoms with Gasteiger partial charge in [0, 0.05) is 25.7 Å². The van der Waals surface area contributed by atoms with Gasteiger partial charge in [-0.2, -0.15) is 5.10 Å². The van der Waals surface area contributed by atoms with Crippen molar-refractivity contribution in [2.75, 3.05) is 20.1 Å². The number of aromatic nitrogens is 2. The second-order valence-corrected chi connectivity index (χ2v) is 5.71. The van der Waals surface area contributed by atoms with Gasteiger partial charge in [0.25, 0.3) is 0 Å². The average Bonchev–Trinajstić information content (AvgIpc) is 3.02. The summed E-state index contributed by atoms with van der Waals surface area (Å²) in [6.45, 7) is 6.38. The van der Waals surface area contributed by atoms with Gasteiger partial charge >= 0.3 is 0 Å². The third kappa shape index (κ3) is 4.23. The van der Waals surface area contributed by atoms with Gasteiger partial charge < -0.3 is 9.32 Å². The highest BCUT2D eigenvalue weighted by atomic mass is 16.3. The van der Waals surface area contributed by atoms with Gasteiger partial charge in [-0.05, 0) is 51.1 Å². The van der Waals surface area contributed by atoms with Crippen molar-refractivity contribution in [2.45, 2.75) is 32.6 Å². The zero-order chi connectivity index (χ0) is 14.5. The summed E-state index contributed by atoms with van der Waals surface area (Å²) in [5.74, 6) is 2.57. The van der Waals surface area contributed by atoms with Gasteiger partial charge in [-0.1, -0.05) is 6.92 Å². The van der Waals surface area contributed by atoms with Crippen molar-refractivity contribution in [1.82, 2.24) is 14.7 Å². The Labute approximate surface area is 121 Å². The topological polar surface area (TPSA) is 34.2 Å². The molecule has 2 rings (SSSR count). The molecule has 0 unspecified atom stereocenters. The predicted molar refractivity (Wildman–Crippen MR) is 80.9 cm³/mol. The van der Waals surface area contributed by atoms with Crippen LogP contribution in [0, 0.1) is 6.92 Å². The number of likely N-dealkylation sites (N-methyl/N-ethyl adjacent to an activating group) is 1. The van der Waals surface area contributed by atoms with Crippen LogP contribution in [0.25, 0.3) is 0 Å². The minimum absolute atomic E-state index is 0.476. The molecule has 0 amide bonds. The van der Waals surface area contributed by atoms with Gasteiger partial charge in [-0.15, -0.1) is 0 Å². The van der Waals surface area contributed by atoms with E-state index in [2.05, 4.69) is 36.2 Å². The van der Waals surface area contributed by atoms with Gasteiger partial charge in [-0.25, -0.2) is 0 Å². The molecule has 2 aromatic heterocycles. The van der Waals surface area contributed by atoms with E-state index in [1.54, 1.807) is 0 Å². The number of furan rings is 1. The van der Waals surface area contributed by atoms with Crippen LogP contribution in [-0.4, -0.2) is 34.8 Å². The first kappa shape index (κ1) is 14.9. The van der Waals surface area contributed by atoms with Crippen LogP contribution in [0.4, 0.5) is 0 Å². The molecule has 2 aromatic rings. The SMILES string of the molecule is Cc1ccc([C@H](C)CCN(C)CCc2cnn(C)c2)o1. The van der Waals surface area contributed by atoms with Gasteiger partial charge in [-0.3, -0.25) is 4.68 Å². The molecule has 0 saturated heterocycles. The van der Waals surface area contributed by atoms with Crippen molar-refractivity contribution in [3.63, 3.8) is 0 Å². The summed E-state index contributed by atoms with van der Waals surface area (Å²) in [6, 6.07) is 4.13. The average molecular weight is 275 g/mol. The van der Waals surface area contributed by atoms with Crippen molar-refractivity contribution in [1.29, 1.82) is 0 Å². The van der Waals surface area contributed by atoms with E-state index in [0.29, 0.717) is 5.92 Å². The van der Waals surface area contributed by atoms with Gasteiger partial charge in [0.1, 0.15) is 11.5 Å². The molecule has 0 aliphatic heterocycles. The van der Waals surface area contributed by atoms with Crippen LogP contribution < -0.4 is 0 Å². The molecule has 20 heavy (non-hydrogen) atoms. The van der Waals surface area contributed by atoms with Crippen LogP contribution >= 0.6 is 0 Å². The molecular weight excluding hydrogens is 250 g/mol. The van der Waals surface area contributed by atoms with Crippen LogP contribution in [0.2, 0.25) is 0 Å². The Balaban J connectivity index is 1.70. The Morgan fingerprint density at radius 2 is 2.15 bits per heavy atom. The third-order valence-electron chi connectivity index (χ3n) is 3.73. The minimum atomic E-state index is 0.476. The fraction of sp³-hybridized carbons (Fsp3) is 0.562. The lowest BCUT2D eigenvalue weighted by Crippen LogP contribution is -2.23. The number of aryl methyl sites for hydroxylation is 2. The maximum atomic E-state index is 5.68. The maximum Gasteiger partial charge on any atom is 0.107 e. The van der Waals surface area contributed by atoms with E-state index >= 15 is 0 Å². The second kappa shape index (κ2) is 6.75. The fourth-order valence-electron chi connectivity index (χ4n) is 2.31. The molecule has 0 N–H and O–H groups in total. The van der Waals surface area contributed by atoms with Crippen molar-refractivity contribution >= 4 is 0 Å². The monoisotopic (exact) mass is 275 g/mol. The normalized spacial score (nSPS) is 13.1. The molecule has 110 valence electrons.